The largest absolute Gasteiger partial charge is 0.481 e. The fourth-order valence-electron chi connectivity index (χ4n) is 1.69. The number of hydrogen-bond donors (Lipinski definition) is 3. The summed E-state index contributed by atoms with van der Waals surface area (Å²) < 4.78 is 0. The second kappa shape index (κ2) is 4.23. The minimum atomic E-state index is -0.953. The van der Waals surface area contributed by atoms with Crippen molar-refractivity contribution in [3.05, 3.63) is 0 Å². The molecule has 1 saturated heterocycles. The van der Waals surface area contributed by atoms with Gasteiger partial charge in [-0.25, -0.2) is 0 Å². The maximum Gasteiger partial charge on any atom is 0.320 e. The van der Waals surface area contributed by atoms with Gasteiger partial charge in [-0.2, -0.15) is 0 Å². The van der Waals surface area contributed by atoms with Crippen molar-refractivity contribution in [1.82, 2.24) is 5.32 Å². The van der Waals surface area contributed by atoms with E-state index < -0.39 is 18.0 Å². The zero-order valence-electron chi connectivity index (χ0n) is 7.19. The summed E-state index contributed by atoms with van der Waals surface area (Å²) >= 11 is 0. The third-order valence-electron chi connectivity index (χ3n) is 2.29. The second-order valence-electron chi connectivity index (χ2n) is 3.27. The molecule has 5 nitrogen and oxygen atoms in total. The third-order valence-corrected chi connectivity index (χ3v) is 2.29. The van der Waals surface area contributed by atoms with E-state index in [2.05, 4.69) is 5.32 Å². The molecule has 2 atom stereocenters. The summed E-state index contributed by atoms with van der Waals surface area (Å²) in [7, 11) is 0. The van der Waals surface area contributed by atoms with Gasteiger partial charge in [0.2, 0.25) is 0 Å². The molecule has 0 spiro atoms. The van der Waals surface area contributed by atoms with Crippen LogP contribution >= 0.6 is 0 Å². The average molecular weight is 187 g/mol. The first-order valence-electron chi connectivity index (χ1n) is 4.29. The normalized spacial score (nSPS) is 28.3. The Labute approximate surface area is 75.7 Å². The van der Waals surface area contributed by atoms with Crippen molar-refractivity contribution in [1.29, 1.82) is 0 Å². The van der Waals surface area contributed by atoms with Crippen LogP contribution in [0.25, 0.3) is 0 Å². The number of carboxylic acids is 2. The van der Waals surface area contributed by atoms with Crippen molar-refractivity contribution in [3.63, 3.8) is 0 Å². The van der Waals surface area contributed by atoms with E-state index >= 15 is 0 Å². The van der Waals surface area contributed by atoms with Gasteiger partial charge in [0.1, 0.15) is 6.04 Å². The molecular weight excluding hydrogens is 174 g/mol. The fourth-order valence-corrected chi connectivity index (χ4v) is 1.69. The Balaban J connectivity index is 2.56. The Hall–Kier alpha value is -1.10. The van der Waals surface area contributed by atoms with Gasteiger partial charge in [-0.1, -0.05) is 0 Å². The minimum absolute atomic E-state index is 0.0655. The molecule has 0 unspecified atom stereocenters. The van der Waals surface area contributed by atoms with Gasteiger partial charge in [-0.15, -0.1) is 0 Å². The molecule has 1 heterocycles. The number of hydrogen-bond acceptors (Lipinski definition) is 3. The molecule has 13 heavy (non-hydrogen) atoms. The molecule has 1 aliphatic rings. The van der Waals surface area contributed by atoms with E-state index in [0.29, 0.717) is 13.0 Å². The first kappa shape index (κ1) is 9.98. The molecule has 0 aromatic heterocycles. The van der Waals surface area contributed by atoms with Crippen LogP contribution < -0.4 is 5.32 Å². The quantitative estimate of drug-likeness (QED) is 0.575. The number of carboxylic acid groups (broad SMARTS) is 2. The molecule has 0 radical (unpaired) electrons. The van der Waals surface area contributed by atoms with Crippen molar-refractivity contribution in [2.45, 2.75) is 25.3 Å². The predicted octanol–water partition coefficient (Wildman–Crippen LogP) is -0.0861. The highest BCUT2D eigenvalue weighted by atomic mass is 16.4. The molecule has 1 fully saturated rings. The van der Waals surface area contributed by atoms with Gasteiger partial charge in [0.05, 0.1) is 6.42 Å². The SMILES string of the molecule is O=C(O)C[C@@H]1CCCN[C@@H]1C(=O)O. The molecule has 0 aromatic rings. The number of aliphatic carboxylic acids is 2. The lowest BCUT2D eigenvalue weighted by atomic mass is 9.88. The van der Waals surface area contributed by atoms with Crippen LogP contribution in [0.5, 0.6) is 0 Å². The number of piperidine rings is 1. The summed E-state index contributed by atoms with van der Waals surface area (Å²) in [5, 5.41) is 20.1. The Bertz CT molecular complexity index is 216. The lowest BCUT2D eigenvalue weighted by molar-refractivity contribution is -0.143. The van der Waals surface area contributed by atoms with Gasteiger partial charge in [-0.3, -0.25) is 9.59 Å². The Morgan fingerprint density at radius 2 is 2.08 bits per heavy atom. The van der Waals surface area contributed by atoms with Crippen LogP contribution in [0.1, 0.15) is 19.3 Å². The van der Waals surface area contributed by atoms with Gasteiger partial charge in [-0.05, 0) is 25.3 Å². The summed E-state index contributed by atoms with van der Waals surface area (Å²) in [6, 6.07) is -0.690. The smallest absolute Gasteiger partial charge is 0.320 e. The summed E-state index contributed by atoms with van der Waals surface area (Å²) in [6.07, 6.45) is 1.46. The molecule has 3 N–H and O–H groups in total. The molecule has 5 heteroatoms. The van der Waals surface area contributed by atoms with Crippen molar-refractivity contribution < 1.29 is 19.8 Å². The van der Waals surface area contributed by atoms with Crippen molar-refractivity contribution >= 4 is 11.9 Å². The van der Waals surface area contributed by atoms with Crippen molar-refractivity contribution in [3.8, 4) is 0 Å². The first-order chi connectivity index (χ1) is 6.11. The Morgan fingerprint density at radius 3 is 2.62 bits per heavy atom. The molecular formula is C8H13NO4. The topological polar surface area (TPSA) is 86.6 Å². The lowest BCUT2D eigenvalue weighted by Crippen LogP contribution is -2.47. The van der Waals surface area contributed by atoms with Crippen LogP contribution in [0, 0.1) is 5.92 Å². The second-order valence-corrected chi connectivity index (χ2v) is 3.27. The van der Waals surface area contributed by atoms with Gasteiger partial charge in [0.15, 0.2) is 0 Å². The van der Waals surface area contributed by atoms with Crippen LogP contribution in [-0.4, -0.2) is 34.7 Å². The maximum atomic E-state index is 10.7. The van der Waals surface area contributed by atoms with Crippen LogP contribution in [0.2, 0.25) is 0 Å². The standard InChI is InChI=1S/C8H13NO4/c10-6(11)4-5-2-1-3-9-7(5)8(12)13/h5,7,9H,1-4H2,(H,10,11)(H,12,13)/t5-,7-/m0/s1. The van der Waals surface area contributed by atoms with Crippen LogP contribution in [-0.2, 0) is 9.59 Å². The number of rotatable bonds is 3. The van der Waals surface area contributed by atoms with E-state index in [9.17, 15) is 9.59 Å². The summed E-state index contributed by atoms with van der Waals surface area (Å²) in [5.41, 5.74) is 0. The lowest BCUT2D eigenvalue weighted by Gasteiger charge is -2.28. The van der Waals surface area contributed by atoms with Crippen LogP contribution in [0.4, 0.5) is 0 Å². The summed E-state index contributed by atoms with van der Waals surface area (Å²) in [6.45, 7) is 0.660. The van der Waals surface area contributed by atoms with Gasteiger partial charge in [0, 0.05) is 0 Å². The highest BCUT2D eigenvalue weighted by Gasteiger charge is 2.31. The highest BCUT2D eigenvalue weighted by Crippen LogP contribution is 2.20. The molecule has 1 rings (SSSR count). The zero-order chi connectivity index (χ0) is 9.84. The Morgan fingerprint density at radius 1 is 1.38 bits per heavy atom. The minimum Gasteiger partial charge on any atom is -0.481 e. The van der Waals surface area contributed by atoms with E-state index in [1.807, 2.05) is 0 Å². The average Bonchev–Trinajstić information content (AvgIpc) is 2.03. The van der Waals surface area contributed by atoms with Gasteiger partial charge < -0.3 is 15.5 Å². The third kappa shape index (κ3) is 2.69. The molecule has 1 aliphatic heterocycles. The van der Waals surface area contributed by atoms with E-state index in [4.69, 9.17) is 10.2 Å². The molecule has 74 valence electrons. The van der Waals surface area contributed by atoms with Gasteiger partial charge in [0.25, 0.3) is 0 Å². The first-order valence-corrected chi connectivity index (χ1v) is 4.29. The van der Waals surface area contributed by atoms with Gasteiger partial charge >= 0.3 is 11.9 Å². The molecule has 0 saturated carbocycles. The molecule has 0 aliphatic carbocycles. The maximum absolute atomic E-state index is 10.7. The molecule has 0 bridgehead atoms. The summed E-state index contributed by atoms with van der Waals surface area (Å²) in [4.78, 5) is 21.1. The summed E-state index contributed by atoms with van der Waals surface area (Å²) in [5.74, 6) is -2.16. The van der Waals surface area contributed by atoms with E-state index in [-0.39, 0.29) is 12.3 Å². The molecule has 0 aromatic carbocycles. The van der Waals surface area contributed by atoms with E-state index in [1.54, 1.807) is 0 Å². The van der Waals surface area contributed by atoms with Crippen LogP contribution in [0.15, 0.2) is 0 Å². The fraction of sp³-hybridized carbons (Fsp3) is 0.750. The Kier molecular flexibility index (Phi) is 3.25. The highest BCUT2D eigenvalue weighted by molar-refractivity contribution is 5.76. The van der Waals surface area contributed by atoms with E-state index in [0.717, 1.165) is 6.42 Å². The predicted molar refractivity (Wildman–Crippen MR) is 44.4 cm³/mol. The van der Waals surface area contributed by atoms with Crippen LogP contribution in [0.3, 0.4) is 0 Å². The van der Waals surface area contributed by atoms with Crippen molar-refractivity contribution in [2.75, 3.05) is 6.54 Å². The zero-order valence-corrected chi connectivity index (χ0v) is 7.19. The van der Waals surface area contributed by atoms with Crippen molar-refractivity contribution in [2.24, 2.45) is 5.92 Å². The van der Waals surface area contributed by atoms with E-state index in [1.165, 1.54) is 0 Å². The number of nitrogens with one attached hydrogen (secondary N) is 1. The number of carbonyl (C=O) groups is 2. The molecule has 0 amide bonds. The monoisotopic (exact) mass is 187 g/mol.